The molecule has 0 unspecified atom stereocenters. The SMILES string of the molecule is CN(C)c1ccc([C@@H]2C[C@H]2C(=O)O)cn1. The number of aromatic nitrogens is 1. The van der Waals surface area contributed by atoms with E-state index in [2.05, 4.69) is 4.98 Å². The van der Waals surface area contributed by atoms with E-state index in [4.69, 9.17) is 5.11 Å². The lowest BCUT2D eigenvalue weighted by Gasteiger charge is -2.10. The summed E-state index contributed by atoms with van der Waals surface area (Å²) in [6.45, 7) is 0. The predicted octanol–water partition coefficient (Wildman–Crippen LogP) is 1.34. The summed E-state index contributed by atoms with van der Waals surface area (Å²) in [4.78, 5) is 16.9. The van der Waals surface area contributed by atoms with Crippen molar-refractivity contribution in [2.24, 2.45) is 5.92 Å². The van der Waals surface area contributed by atoms with Gasteiger partial charge in [0.1, 0.15) is 5.82 Å². The maximum atomic E-state index is 10.7. The van der Waals surface area contributed by atoms with Crippen LogP contribution in [0.4, 0.5) is 5.82 Å². The van der Waals surface area contributed by atoms with Gasteiger partial charge in [0, 0.05) is 20.3 Å². The topological polar surface area (TPSA) is 53.4 Å². The lowest BCUT2D eigenvalue weighted by molar-refractivity contribution is -0.138. The van der Waals surface area contributed by atoms with E-state index >= 15 is 0 Å². The van der Waals surface area contributed by atoms with E-state index in [1.165, 1.54) is 0 Å². The molecular weight excluding hydrogens is 192 g/mol. The van der Waals surface area contributed by atoms with E-state index in [1.54, 1.807) is 6.20 Å². The fourth-order valence-electron chi connectivity index (χ4n) is 1.72. The Hall–Kier alpha value is -1.58. The summed E-state index contributed by atoms with van der Waals surface area (Å²) in [6.07, 6.45) is 2.53. The number of anilines is 1. The third kappa shape index (κ3) is 1.93. The first-order chi connectivity index (χ1) is 7.09. The molecule has 0 amide bonds. The largest absolute Gasteiger partial charge is 0.481 e. The first-order valence-electron chi connectivity index (χ1n) is 4.95. The third-order valence-electron chi connectivity index (χ3n) is 2.76. The number of rotatable bonds is 3. The number of carboxylic acids is 1. The molecule has 0 saturated heterocycles. The fourth-order valence-corrected chi connectivity index (χ4v) is 1.72. The molecule has 1 N–H and O–H groups in total. The molecule has 1 fully saturated rings. The van der Waals surface area contributed by atoms with Crippen molar-refractivity contribution >= 4 is 11.8 Å². The van der Waals surface area contributed by atoms with Crippen LogP contribution < -0.4 is 4.90 Å². The van der Waals surface area contributed by atoms with Gasteiger partial charge in [0.15, 0.2) is 0 Å². The molecule has 4 heteroatoms. The van der Waals surface area contributed by atoms with Crippen molar-refractivity contribution < 1.29 is 9.90 Å². The first-order valence-corrected chi connectivity index (χ1v) is 4.95. The van der Waals surface area contributed by atoms with Crippen molar-refractivity contribution in [2.75, 3.05) is 19.0 Å². The van der Waals surface area contributed by atoms with Gasteiger partial charge in [-0.3, -0.25) is 4.79 Å². The number of aliphatic carboxylic acids is 1. The van der Waals surface area contributed by atoms with Gasteiger partial charge in [-0.05, 0) is 24.0 Å². The van der Waals surface area contributed by atoms with Gasteiger partial charge in [0.2, 0.25) is 0 Å². The Kier molecular flexibility index (Phi) is 2.34. The predicted molar refractivity (Wildman–Crippen MR) is 57.0 cm³/mol. The summed E-state index contributed by atoms with van der Waals surface area (Å²) in [5, 5.41) is 8.80. The molecule has 2 atom stereocenters. The molecular formula is C11H14N2O2. The van der Waals surface area contributed by atoms with Gasteiger partial charge in [0.05, 0.1) is 5.92 Å². The van der Waals surface area contributed by atoms with Crippen LogP contribution in [0.1, 0.15) is 17.9 Å². The Morgan fingerprint density at radius 3 is 2.67 bits per heavy atom. The number of carboxylic acid groups (broad SMARTS) is 1. The minimum atomic E-state index is -0.698. The smallest absolute Gasteiger partial charge is 0.307 e. The molecule has 0 aromatic carbocycles. The van der Waals surface area contributed by atoms with E-state index in [0.717, 1.165) is 17.8 Å². The second kappa shape index (κ2) is 3.53. The molecule has 1 heterocycles. The van der Waals surface area contributed by atoms with E-state index in [9.17, 15) is 4.79 Å². The zero-order valence-corrected chi connectivity index (χ0v) is 8.84. The minimum absolute atomic E-state index is 0.172. The molecule has 1 aliphatic rings. The van der Waals surface area contributed by atoms with Crippen LogP contribution in [0.15, 0.2) is 18.3 Å². The lowest BCUT2D eigenvalue weighted by atomic mass is 10.1. The van der Waals surface area contributed by atoms with Gasteiger partial charge in [-0.1, -0.05) is 6.07 Å². The second-order valence-electron chi connectivity index (χ2n) is 4.13. The Balaban J connectivity index is 2.09. The van der Waals surface area contributed by atoms with Gasteiger partial charge in [0.25, 0.3) is 0 Å². The van der Waals surface area contributed by atoms with Crippen LogP contribution in [-0.2, 0) is 4.79 Å². The van der Waals surface area contributed by atoms with Gasteiger partial charge < -0.3 is 10.0 Å². The molecule has 80 valence electrons. The van der Waals surface area contributed by atoms with Crippen molar-refractivity contribution in [3.8, 4) is 0 Å². The van der Waals surface area contributed by atoms with Crippen molar-refractivity contribution in [2.45, 2.75) is 12.3 Å². The summed E-state index contributed by atoms with van der Waals surface area (Å²) in [5.74, 6) is 0.172. The first kappa shape index (κ1) is 9.96. The van der Waals surface area contributed by atoms with Crippen LogP contribution in [0, 0.1) is 5.92 Å². The van der Waals surface area contributed by atoms with Gasteiger partial charge in [-0.2, -0.15) is 0 Å². The Morgan fingerprint density at radius 2 is 2.27 bits per heavy atom. The summed E-state index contributed by atoms with van der Waals surface area (Å²) in [7, 11) is 3.86. The molecule has 2 rings (SSSR count). The summed E-state index contributed by atoms with van der Waals surface area (Å²) < 4.78 is 0. The average molecular weight is 206 g/mol. The highest BCUT2D eigenvalue weighted by Gasteiger charge is 2.44. The average Bonchev–Trinajstić information content (AvgIpc) is 2.97. The van der Waals surface area contributed by atoms with E-state index in [0.29, 0.717) is 0 Å². The van der Waals surface area contributed by atoms with E-state index in [-0.39, 0.29) is 11.8 Å². The number of carbonyl (C=O) groups is 1. The van der Waals surface area contributed by atoms with Gasteiger partial charge >= 0.3 is 5.97 Å². The maximum Gasteiger partial charge on any atom is 0.307 e. The molecule has 0 bridgehead atoms. The quantitative estimate of drug-likeness (QED) is 0.810. The second-order valence-corrected chi connectivity index (χ2v) is 4.13. The summed E-state index contributed by atoms with van der Waals surface area (Å²) in [5.41, 5.74) is 1.04. The zero-order valence-electron chi connectivity index (χ0n) is 8.84. The standard InChI is InChI=1S/C11H14N2O2/c1-13(2)10-4-3-7(6-12-10)8-5-9(8)11(14)15/h3-4,6,8-9H,5H2,1-2H3,(H,14,15)/t8-,9+/m0/s1. The van der Waals surface area contributed by atoms with E-state index in [1.807, 2.05) is 31.1 Å². The Morgan fingerprint density at radius 1 is 1.53 bits per heavy atom. The zero-order chi connectivity index (χ0) is 11.0. The Labute approximate surface area is 88.6 Å². The van der Waals surface area contributed by atoms with Crippen LogP contribution in [0.3, 0.4) is 0 Å². The molecule has 0 spiro atoms. The van der Waals surface area contributed by atoms with Gasteiger partial charge in [-0.15, -0.1) is 0 Å². The molecule has 1 aliphatic carbocycles. The summed E-state index contributed by atoms with van der Waals surface area (Å²) >= 11 is 0. The van der Waals surface area contributed by atoms with Crippen molar-refractivity contribution in [3.63, 3.8) is 0 Å². The number of nitrogens with zero attached hydrogens (tertiary/aromatic N) is 2. The number of pyridine rings is 1. The number of hydrogen-bond donors (Lipinski definition) is 1. The third-order valence-corrected chi connectivity index (χ3v) is 2.76. The molecule has 0 aliphatic heterocycles. The lowest BCUT2D eigenvalue weighted by Crippen LogP contribution is -2.10. The maximum absolute atomic E-state index is 10.7. The van der Waals surface area contributed by atoms with Gasteiger partial charge in [-0.25, -0.2) is 4.98 Å². The van der Waals surface area contributed by atoms with Crippen molar-refractivity contribution in [1.82, 2.24) is 4.98 Å². The van der Waals surface area contributed by atoms with Crippen LogP contribution >= 0.6 is 0 Å². The molecule has 0 radical (unpaired) electrons. The van der Waals surface area contributed by atoms with Crippen molar-refractivity contribution in [1.29, 1.82) is 0 Å². The van der Waals surface area contributed by atoms with E-state index < -0.39 is 5.97 Å². The Bertz CT molecular complexity index is 373. The van der Waals surface area contributed by atoms with Crippen LogP contribution in [0.2, 0.25) is 0 Å². The molecule has 4 nitrogen and oxygen atoms in total. The molecule has 15 heavy (non-hydrogen) atoms. The fraction of sp³-hybridized carbons (Fsp3) is 0.455. The molecule has 1 aromatic heterocycles. The highest BCUT2D eigenvalue weighted by atomic mass is 16.4. The van der Waals surface area contributed by atoms with Crippen LogP contribution in [-0.4, -0.2) is 30.2 Å². The number of hydrogen-bond acceptors (Lipinski definition) is 3. The molecule has 1 aromatic rings. The van der Waals surface area contributed by atoms with Crippen LogP contribution in [0.5, 0.6) is 0 Å². The summed E-state index contributed by atoms with van der Waals surface area (Å²) in [6, 6.07) is 3.89. The highest BCUT2D eigenvalue weighted by molar-refractivity contribution is 5.75. The monoisotopic (exact) mass is 206 g/mol. The van der Waals surface area contributed by atoms with Crippen molar-refractivity contribution in [3.05, 3.63) is 23.9 Å². The minimum Gasteiger partial charge on any atom is -0.481 e. The molecule has 1 saturated carbocycles. The highest BCUT2D eigenvalue weighted by Crippen LogP contribution is 2.47. The normalized spacial score (nSPS) is 23.6. The van der Waals surface area contributed by atoms with Crippen LogP contribution in [0.25, 0.3) is 0 Å².